The maximum absolute atomic E-state index is 12.3. The average molecular weight is 339 g/mol. The maximum atomic E-state index is 12.3. The molecule has 0 radical (unpaired) electrons. The number of pyridine rings is 1. The van der Waals surface area contributed by atoms with Gasteiger partial charge in [0, 0.05) is 31.8 Å². The number of aryl methyl sites for hydroxylation is 1. The standard InChI is InChI=1S/C19H21N3O3/c1-2-15-6-7-17(25-15)16-13-24-10-9-21(16)12-14-11-19(23)22-8-4-3-5-18(22)20-14/h3-8,11,16H,2,9-10,12-13H2,1H3/t16-/m1/s1. The van der Waals surface area contributed by atoms with Gasteiger partial charge in [0.05, 0.1) is 24.9 Å². The fraction of sp³-hybridized carbons (Fsp3) is 0.368. The Bertz CT molecular complexity index is 931. The van der Waals surface area contributed by atoms with E-state index in [-0.39, 0.29) is 11.6 Å². The van der Waals surface area contributed by atoms with Gasteiger partial charge in [-0.2, -0.15) is 0 Å². The Kier molecular flexibility index (Phi) is 4.38. The molecule has 0 unspecified atom stereocenters. The molecule has 130 valence electrons. The highest BCUT2D eigenvalue weighted by Crippen LogP contribution is 2.27. The van der Waals surface area contributed by atoms with E-state index in [0.717, 1.165) is 30.2 Å². The Balaban J connectivity index is 1.62. The average Bonchev–Trinajstić information content (AvgIpc) is 3.11. The molecule has 3 aromatic heterocycles. The molecule has 0 bridgehead atoms. The van der Waals surface area contributed by atoms with E-state index >= 15 is 0 Å². The Morgan fingerprint density at radius 1 is 1.28 bits per heavy atom. The van der Waals surface area contributed by atoms with Crippen LogP contribution in [-0.2, 0) is 17.7 Å². The number of fused-ring (bicyclic) bond motifs is 1. The van der Waals surface area contributed by atoms with Crippen LogP contribution in [0.3, 0.4) is 0 Å². The lowest BCUT2D eigenvalue weighted by atomic mass is 10.1. The number of aromatic nitrogens is 2. The summed E-state index contributed by atoms with van der Waals surface area (Å²) >= 11 is 0. The summed E-state index contributed by atoms with van der Waals surface area (Å²) < 4.78 is 13.1. The van der Waals surface area contributed by atoms with Crippen LogP contribution in [0.2, 0.25) is 0 Å². The summed E-state index contributed by atoms with van der Waals surface area (Å²) in [5.41, 5.74) is 1.38. The molecule has 0 amide bonds. The fourth-order valence-electron chi connectivity index (χ4n) is 3.25. The molecule has 25 heavy (non-hydrogen) atoms. The summed E-state index contributed by atoms with van der Waals surface area (Å²) in [5.74, 6) is 1.89. The van der Waals surface area contributed by atoms with Gasteiger partial charge in [-0.05, 0) is 24.3 Å². The van der Waals surface area contributed by atoms with Crippen molar-refractivity contribution >= 4 is 5.65 Å². The van der Waals surface area contributed by atoms with Gasteiger partial charge in [-0.1, -0.05) is 13.0 Å². The van der Waals surface area contributed by atoms with Crippen molar-refractivity contribution in [1.82, 2.24) is 14.3 Å². The molecule has 3 aromatic rings. The zero-order chi connectivity index (χ0) is 17.2. The van der Waals surface area contributed by atoms with Crippen LogP contribution in [0.15, 0.2) is 51.8 Å². The molecule has 1 aliphatic rings. The van der Waals surface area contributed by atoms with Crippen molar-refractivity contribution in [1.29, 1.82) is 0 Å². The van der Waals surface area contributed by atoms with E-state index in [1.54, 1.807) is 16.7 Å². The van der Waals surface area contributed by atoms with Crippen LogP contribution in [0.5, 0.6) is 0 Å². The smallest absolute Gasteiger partial charge is 0.258 e. The lowest BCUT2D eigenvalue weighted by Crippen LogP contribution is -2.39. The van der Waals surface area contributed by atoms with Crippen molar-refractivity contribution in [2.45, 2.75) is 25.9 Å². The fourth-order valence-corrected chi connectivity index (χ4v) is 3.25. The van der Waals surface area contributed by atoms with Gasteiger partial charge in [0.2, 0.25) is 0 Å². The number of morpholine rings is 1. The third-order valence-electron chi connectivity index (χ3n) is 4.59. The molecule has 1 saturated heterocycles. The van der Waals surface area contributed by atoms with Gasteiger partial charge in [0.25, 0.3) is 5.56 Å². The highest BCUT2D eigenvalue weighted by Gasteiger charge is 2.27. The van der Waals surface area contributed by atoms with Gasteiger partial charge in [0.1, 0.15) is 17.2 Å². The molecule has 0 saturated carbocycles. The van der Waals surface area contributed by atoms with E-state index in [1.807, 2.05) is 30.3 Å². The summed E-state index contributed by atoms with van der Waals surface area (Å²) in [6.07, 6.45) is 2.61. The minimum absolute atomic E-state index is 0.0464. The van der Waals surface area contributed by atoms with Crippen LogP contribution >= 0.6 is 0 Å². The van der Waals surface area contributed by atoms with E-state index in [4.69, 9.17) is 9.15 Å². The van der Waals surface area contributed by atoms with Crippen LogP contribution in [0, 0.1) is 0 Å². The molecule has 0 N–H and O–H groups in total. The zero-order valence-corrected chi connectivity index (χ0v) is 14.2. The molecule has 1 fully saturated rings. The monoisotopic (exact) mass is 339 g/mol. The number of nitrogens with zero attached hydrogens (tertiary/aromatic N) is 3. The number of hydrogen-bond acceptors (Lipinski definition) is 5. The molecule has 1 aliphatic heterocycles. The molecule has 0 spiro atoms. The number of ether oxygens (including phenoxy) is 1. The highest BCUT2D eigenvalue weighted by atomic mass is 16.5. The Morgan fingerprint density at radius 2 is 2.20 bits per heavy atom. The second-order valence-corrected chi connectivity index (χ2v) is 6.23. The van der Waals surface area contributed by atoms with Gasteiger partial charge in [-0.15, -0.1) is 0 Å². The second kappa shape index (κ2) is 6.82. The minimum Gasteiger partial charge on any atom is -0.464 e. The first-order chi connectivity index (χ1) is 12.2. The minimum atomic E-state index is -0.0586. The molecule has 6 nitrogen and oxygen atoms in total. The lowest BCUT2D eigenvalue weighted by Gasteiger charge is -2.34. The quantitative estimate of drug-likeness (QED) is 0.731. The molecular formula is C19H21N3O3. The second-order valence-electron chi connectivity index (χ2n) is 6.23. The Hall–Kier alpha value is -2.44. The topological polar surface area (TPSA) is 60.0 Å². The molecule has 0 aromatic carbocycles. The van der Waals surface area contributed by atoms with Gasteiger partial charge in [-0.3, -0.25) is 14.1 Å². The van der Waals surface area contributed by atoms with Gasteiger partial charge >= 0.3 is 0 Å². The van der Waals surface area contributed by atoms with E-state index in [2.05, 4.69) is 16.8 Å². The maximum Gasteiger partial charge on any atom is 0.258 e. The first-order valence-electron chi connectivity index (χ1n) is 8.62. The highest BCUT2D eigenvalue weighted by molar-refractivity contribution is 5.38. The van der Waals surface area contributed by atoms with Crippen LogP contribution in [0.25, 0.3) is 5.65 Å². The van der Waals surface area contributed by atoms with E-state index in [1.165, 1.54) is 0 Å². The summed E-state index contributed by atoms with van der Waals surface area (Å²) in [4.78, 5) is 19.2. The van der Waals surface area contributed by atoms with Crippen molar-refractivity contribution in [2.75, 3.05) is 19.8 Å². The Morgan fingerprint density at radius 3 is 3.04 bits per heavy atom. The summed E-state index contributed by atoms with van der Waals surface area (Å²) in [6.45, 7) is 4.71. The number of furan rings is 1. The molecule has 0 aliphatic carbocycles. The summed E-state index contributed by atoms with van der Waals surface area (Å²) in [5, 5.41) is 0. The van der Waals surface area contributed by atoms with Crippen molar-refractivity contribution < 1.29 is 9.15 Å². The predicted octanol–water partition coefficient (Wildman–Crippen LogP) is 2.42. The molecule has 4 heterocycles. The van der Waals surface area contributed by atoms with Gasteiger partial charge in [0.15, 0.2) is 0 Å². The lowest BCUT2D eigenvalue weighted by molar-refractivity contribution is -0.0211. The van der Waals surface area contributed by atoms with Gasteiger partial charge < -0.3 is 9.15 Å². The first-order valence-corrected chi connectivity index (χ1v) is 8.62. The van der Waals surface area contributed by atoms with E-state index in [9.17, 15) is 4.79 Å². The van der Waals surface area contributed by atoms with Crippen molar-refractivity contribution in [3.63, 3.8) is 0 Å². The molecule has 4 rings (SSSR count). The molecule has 1 atom stereocenters. The third kappa shape index (κ3) is 3.23. The predicted molar refractivity (Wildman–Crippen MR) is 93.5 cm³/mol. The van der Waals surface area contributed by atoms with E-state index < -0.39 is 0 Å². The summed E-state index contributed by atoms with van der Waals surface area (Å²) in [7, 11) is 0. The number of rotatable bonds is 4. The largest absolute Gasteiger partial charge is 0.464 e. The normalized spacial score (nSPS) is 18.7. The third-order valence-corrected chi connectivity index (χ3v) is 4.59. The molecular weight excluding hydrogens is 318 g/mol. The van der Waals surface area contributed by atoms with Gasteiger partial charge in [-0.25, -0.2) is 4.98 Å². The first kappa shape index (κ1) is 16.1. The van der Waals surface area contributed by atoms with Crippen molar-refractivity contribution in [2.24, 2.45) is 0 Å². The SMILES string of the molecule is CCc1ccc([C@H]2COCCN2Cc2cc(=O)n3ccccc3n2)o1. The summed E-state index contributed by atoms with van der Waals surface area (Å²) in [6, 6.07) is 11.3. The van der Waals surface area contributed by atoms with Crippen LogP contribution < -0.4 is 5.56 Å². The van der Waals surface area contributed by atoms with Crippen LogP contribution in [0.1, 0.15) is 30.2 Å². The van der Waals surface area contributed by atoms with Crippen molar-refractivity contribution in [3.05, 3.63) is 70.2 Å². The number of hydrogen-bond donors (Lipinski definition) is 0. The van der Waals surface area contributed by atoms with Crippen LogP contribution in [0.4, 0.5) is 0 Å². The molecule has 6 heteroatoms. The Labute approximate surface area is 145 Å². The van der Waals surface area contributed by atoms with E-state index in [0.29, 0.717) is 25.4 Å². The van der Waals surface area contributed by atoms with Crippen molar-refractivity contribution in [3.8, 4) is 0 Å². The zero-order valence-electron chi connectivity index (χ0n) is 14.2. The van der Waals surface area contributed by atoms with Crippen LogP contribution in [-0.4, -0.2) is 34.0 Å².